The van der Waals surface area contributed by atoms with Gasteiger partial charge in [0.25, 0.3) is 0 Å². The third-order valence-corrected chi connectivity index (χ3v) is 7.42. The van der Waals surface area contributed by atoms with E-state index in [4.69, 9.17) is 6.58 Å². The first-order chi connectivity index (χ1) is 13.5. The summed E-state index contributed by atoms with van der Waals surface area (Å²) in [6.07, 6.45) is 8.49. The lowest BCUT2D eigenvalue weighted by atomic mass is 9.59. The van der Waals surface area contributed by atoms with Crippen LogP contribution in [0.15, 0.2) is 46.6 Å². The zero-order valence-electron chi connectivity index (χ0n) is 20.7. The van der Waals surface area contributed by atoms with Crippen molar-refractivity contribution in [3.05, 3.63) is 46.6 Å². The highest BCUT2D eigenvalue weighted by Crippen LogP contribution is 2.59. The fourth-order valence-electron chi connectivity index (χ4n) is 5.39. The first kappa shape index (κ1) is 24.2. The van der Waals surface area contributed by atoms with Gasteiger partial charge in [-0.3, -0.25) is 0 Å². The highest BCUT2D eigenvalue weighted by atomic mass is 14.9. The van der Waals surface area contributed by atoms with Gasteiger partial charge in [-0.2, -0.15) is 0 Å². The van der Waals surface area contributed by atoms with Gasteiger partial charge in [0.05, 0.1) is 0 Å². The van der Waals surface area contributed by atoms with E-state index in [1.54, 1.807) is 11.1 Å². The van der Waals surface area contributed by atoms with Crippen LogP contribution in [0.1, 0.15) is 93.4 Å². The molecule has 1 heteroatoms. The first-order valence-electron chi connectivity index (χ1n) is 12.0. The Morgan fingerprint density at radius 1 is 0.931 bits per heavy atom. The molecule has 0 aromatic rings. The largest absolute Gasteiger partial charge is 0.313 e. The predicted octanol–water partition coefficient (Wildman–Crippen LogP) is 8.01. The second-order valence-corrected chi connectivity index (χ2v) is 10.9. The van der Waals surface area contributed by atoms with Crippen molar-refractivity contribution in [3.8, 4) is 0 Å². The highest BCUT2D eigenvalue weighted by Gasteiger charge is 2.47. The maximum Gasteiger partial charge on any atom is 0.0355 e. The molecule has 0 saturated heterocycles. The Labute approximate surface area is 181 Å². The molecule has 0 spiro atoms. The molecule has 2 aliphatic rings. The molecule has 1 N–H and O–H groups in total. The van der Waals surface area contributed by atoms with Crippen molar-refractivity contribution in [2.75, 3.05) is 7.05 Å². The number of nitrogens with one attached hydrogen (secondary N) is 1. The van der Waals surface area contributed by atoms with E-state index < -0.39 is 0 Å². The third-order valence-electron chi connectivity index (χ3n) is 7.42. The lowest BCUT2D eigenvalue weighted by Gasteiger charge is -2.44. The monoisotopic (exact) mass is 397 g/mol. The molecule has 0 radical (unpaired) electrons. The molecule has 1 atom stereocenters. The lowest BCUT2D eigenvalue weighted by molar-refractivity contribution is 0.296. The highest BCUT2D eigenvalue weighted by molar-refractivity contribution is 5.66. The summed E-state index contributed by atoms with van der Waals surface area (Å²) in [6.45, 7) is 25.9. The van der Waals surface area contributed by atoms with Crippen molar-refractivity contribution < 1.29 is 0 Å². The van der Waals surface area contributed by atoms with Crippen molar-refractivity contribution in [3.63, 3.8) is 0 Å². The van der Waals surface area contributed by atoms with Crippen molar-refractivity contribution in [2.45, 2.75) is 99.5 Å². The minimum Gasteiger partial charge on any atom is -0.313 e. The van der Waals surface area contributed by atoms with Gasteiger partial charge >= 0.3 is 0 Å². The number of allylic oxidation sites excluding steroid dienone is 3. The normalized spacial score (nSPS) is 22.0. The molecule has 0 heterocycles. The van der Waals surface area contributed by atoms with E-state index in [0.29, 0.717) is 6.04 Å². The fraction of sp³-hybridized carbons (Fsp3) is 0.714. The molecule has 0 aromatic heterocycles. The van der Waals surface area contributed by atoms with Crippen LogP contribution in [0.4, 0.5) is 0 Å². The van der Waals surface area contributed by atoms with Gasteiger partial charge in [0, 0.05) is 11.5 Å². The molecule has 0 aliphatic heterocycles. The molecule has 0 amide bonds. The van der Waals surface area contributed by atoms with Gasteiger partial charge in [0.15, 0.2) is 0 Å². The van der Waals surface area contributed by atoms with E-state index in [2.05, 4.69) is 67.4 Å². The van der Waals surface area contributed by atoms with E-state index in [1.165, 1.54) is 54.4 Å². The second kappa shape index (κ2) is 9.82. The van der Waals surface area contributed by atoms with Crippen LogP contribution in [0, 0.1) is 23.2 Å². The topological polar surface area (TPSA) is 12.0 Å². The third kappa shape index (κ3) is 4.98. The molecule has 2 aliphatic carbocycles. The molecule has 2 rings (SSSR count). The molecular weight excluding hydrogens is 350 g/mol. The van der Waals surface area contributed by atoms with Crippen molar-refractivity contribution in [1.29, 1.82) is 0 Å². The fourth-order valence-corrected chi connectivity index (χ4v) is 5.39. The van der Waals surface area contributed by atoms with Crippen LogP contribution in [0.2, 0.25) is 0 Å². The maximum atomic E-state index is 4.83. The van der Waals surface area contributed by atoms with Crippen LogP contribution in [0.5, 0.6) is 0 Å². The molecule has 1 unspecified atom stereocenters. The molecule has 164 valence electrons. The molecule has 0 bridgehead atoms. The van der Waals surface area contributed by atoms with Gasteiger partial charge in [0.2, 0.25) is 0 Å². The van der Waals surface area contributed by atoms with E-state index in [0.717, 1.165) is 30.6 Å². The van der Waals surface area contributed by atoms with E-state index in [9.17, 15) is 0 Å². The minimum absolute atomic E-state index is 0.129. The van der Waals surface area contributed by atoms with Gasteiger partial charge in [-0.1, -0.05) is 54.7 Å². The van der Waals surface area contributed by atoms with Crippen LogP contribution >= 0.6 is 0 Å². The zero-order chi connectivity index (χ0) is 21.9. The summed E-state index contributed by atoms with van der Waals surface area (Å²) in [5.41, 5.74) is 9.06. The Morgan fingerprint density at radius 3 is 1.90 bits per heavy atom. The van der Waals surface area contributed by atoms with E-state index in [-0.39, 0.29) is 5.41 Å². The maximum absolute atomic E-state index is 4.83. The summed E-state index contributed by atoms with van der Waals surface area (Å²) in [6, 6.07) is 0.379. The summed E-state index contributed by atoms with van der Waals surface area (Å²) >= 11 is 0. The second-order valence-electron chi connectivity index (χ2n) is 10.9. The molecule has 1 nitrogen and oxygen atoms in total. The van der Waals surface area contributed by atoms with Gasteiger partial charge in [0.1, 0.15) is 0 Å². The minimum atomic E-state index is 0.129. The predicted molar refractivity (Wildman–Crippen MR) is 130 cm³/mol. The number of likely N-dealkylation sites (N-methyl/N-ethyl adjacent to an activating group) is 1. The quantitative estimate of drug-likeness (QED) is 0.393. The van der Waals surface area contributed by atoms with Gasteiger partial charge in [-0.05, 0) is 110 Å². The Kier molecular flexibility index (Phi) is 8.19. The average Bonchev–Trinajstić information content (AvgIpc) is 2.97. The summed E-state index contributed by atoms with van der Waals surface area (Å²) in [4.78, 5) is 0. The van der Waals surface area contributed by atoms with E-state index in [1.807, 2.05) is 0 Å². The summed E-state index contributed by atoms with van der Waals surface area (Å²) in [5, 5.41) is 3.54. The Morgan fingerprint density at radius 2 is 1.45 bits per heavy atom. The SMILES string of the molecule is C=C1C2=C(CC1NC)C(CCC(C)C)(CCC(C)C)C(=C)C(CCC(C)C)=C2C. The van der Waals surface area contributed by atoms with Crippen molar-refractivity contribution in [2.24, 2.45) is 23.2 Å². The first-order valence-corrected chi connectivity index (χ1v) is 12.0. The van der Waals surface area contributed by atoms with Crippen molar-refractivity contribution >= 4 is 0 Å². The van der Waals surface area contributed by atoms with Gasteiger partial charge < -0.3 is 5.32 Å². The van der Waals surface area contributed by atoms with Crippen molar-refractivity contribution in [1.82, 2.24) is 5.32 Å². The number of rotatable bonds is 10. The molecule has 0 saturated carbocycles. The lowest BCUT2D eigenvalue weighted by Crippen LogP contribution is -2.32. The Hall–Kier alpha value is -1.08. The molecular formula is C28H47N. The summed E-state index contributed by atoms with van der Waals surface area (Å²) < 4.78 is 0. The number of hydrogen-bond donors (Lipinski definition) is 1. The van der Waals surface area contributed by atoms with E-state index >= 15 is 0 Å². The average molecular weight is 398 g/mol. The summed E-state index contributed by atoms with van der Waals surface area (Å²) in [5.74, 6) is 2.16. The van der Waals surface area contributed by atoms with Crippen LogP contribution < -0.4 is 5.32 Å². The van der Waals surface area contributed by atoms with Crippen LogP contribution in [0.3, 0.4) is 0 Å². The Balaban J connectivity index is 2.60. The summed E-state index contributed by atoms with van der Waals surface area (Å²) in [7, 11) is 2.09. The smallest absolute Gasteiger partial charge is 0.0355 e. The zero-order valence-corrected chi connectivity index (χ0v) is 20.7. The molecule has 0 fully saturated rings. The standard InChI is InChI=1S/C28H47N/c1-18(2)11-12-24-21(7)27-22(8)26(29-10)17-25(27)28(23(24)9,15-13-19(3)4)16-14-20(5)6/h18-20,26,29H,8-9,11-17H2,1-7,10H3. The van der Waals surface area contributed by atoms with Crippen LogP contribution in [0.25, 0.3) is 0 Å². The van der Waals surface area contributed by atoms with Crippen LogP contribution in [-0.2, 0) is 0 Å². The van der Waals surface area contributed by atoms with Crippen LogP contribution in [-0.4, -0.2) is 13.1 Å². The van der Waals surface area contributed by atoms with Gasteiger partial charge in [-0.25, -0.2) is 0 Å². The van der Waals surface area contributed by atoms with Gasteiger partial charge in [-0.15, -0.1) is 0 Å². The Bertz CT molecular complexity index is 671. The number of hydrogen-bond acceptors (Lipinski definition) is 1. The molecule has 29 heavy (non-hydrogen) atoms. The molecule has 0 aromatic carbocycles.